The van der Waals surface area contributed by atoms with E-state index in [0.29, 0.717) is 23.4 Å². The molecule has 5 heteroatoms. The first kappa shape index (κ1) is 18.2. The van der Waals surface area contributed by atoms with Crippen molar-refractivity contribution in [2.24, 2.45) is 0 Å². The highest BCUT2D eigenvalue weighted by Gasteiger charge is 2.10. The molecule has 2 aromatic carbocycles. The molecule has 0 atom stereocenters. The van der Waals surface area contributed by atoms with Crippen molar-refractivity contribution in [3.8, 4) is 0 Å². The maximum atomic E-state index is 12.3. The average Bonchev–Trinajstić information content (AvgIpc) is 2.58. The van der Waals surface area contributed by atoms with Crippen molar-refractivity contribution < 1.29 is 9.59 Å². The lowest BCUT2D eigenvalue weighted by Gasteiger charge is -2.08. The number of carbonyl (C=O) groups excluding carboxylic acids is 2. The van der Waals surface area contributed by atoms with Gasteiger partial charge in [0, 0.05) is 27.8 Å². The van der Waals surface area contributed by atoms with E-state index in [1.54, 1.807) is 24.3 Å². The maximum absolute atomic E-state index is 12.3. The largest absolute Gasteiger partial charge is 0.352 e. The van der Waals surface area contributed by atoms with E-state index in [1.807, 2.05) is 24.3 Å². The summed E-state index contributed by atoms with van der Waals surface area (Å²) < 4.78 is 0.889. The molecule has 0 aliphatic carbocycles. The van der Waals surface area contributed by atoms with Gasteiger partial charge in [-0.3, -0.25) is 9.59 Å². The number of halogens is 1. The summed E-state index contributed by atoms with van der Waals surface area (Å²) in [4.78, 5) is 24.5. The van der Waals surface area contributed by atoms with Crippen molar-refractivity contribution in [1.29, 1.82) is 0 Å². The predicted molar refractivity (Wildman–Crippen MR) is 100 cm³/mol. The third-order valence-electron chi connectivity index (χ3n) is 3.54. The predicted octanol–water partition coefficient (Wildman–Crippen LogP) is 4.62. The quantitative estimate of drug-likeness (QED) is 0.679. The molecule has 0 aliphatic rings. The van der Waals surface area contributed by atoms with Crippen molar-refractivity contribution in [3.63, 3.8) is 0 Å². The lowest BCUT2D eigenvalue weighted by Crippen LogP contribution is -2.24. The molecule has 0 aromatic heterocycles. The molecule has 0 unspecified atom stereocenters. The van der Waals surface area contributed by atoms with E-state index >= 15 is 0 Å². The van der Waals surface area contributed by atoms with E-state index in [4.69, 9.17) is 0 Å². The Kier molecular flexibility index (Phi) is 7.00. The minimum atomic E-state index is -0.242. The molecule has 0 spiro atoms. The molecule has 0 radical (unpaired) electrons. The molecular weight excluding hydrogens is 368 g/mol. The molecule has 0 fully saturated rings. The molecular formula is C19H21BrN2O2. The second kappa shape index (κ2) is 9.23. The first-order chi connectivity index (χ1) is 11.6. The van der Waals surface area contributed by atoms with Crippen LogP contribution in [0.15, 0.2) is 53.0 Å². The van der Waals surface area contributed by atoms with Gasteiger partial charge >= 0.3 is 0 Å². The summed E-state index contributed by atoms with van der Waals surface area (Å²) in [7, 11) is 0. The summed E-state index contributed by atoms with van der Waals surface area (Å²) in [6.07, 6.45) is 3.17. The van der Waals surface area contributed by atoms with Crippen molar-refractivity contribution in [2.75, 3.05) is 11.9 Å². The average molecular weight is 389 g/mol. The molecule has 0 saturated heterocycles. The van der Waals surface area contributed by atoms with Crippen LogP contribution in [-0.4, -0.2) is 18.4 Å². The number of carbonyl (C=O) groups is 2. The van der Waals surface area contributed by atoms with Gasteiger partial charge in [0.05, 0.1) is 0 Å². The number of rotatable bonds is 7. The van der Waals surface area contributed by atoms with Gasteiger partial charge in [0.1, 0.15) is 0 Å². The fourth-order valence-electron chi connectivity index (χ4n) is 2.25. The first-order valence-electron chi connectivity index (χ1n) is 8.05. The minimum Gasteiger partial charge on any atom is -0.352 e. The SMILES string of the molecule is CCCCCNC(=O)c1cccc(C(=O)Nc2cccc(Br)c2)c1. The highest BCUT2D eigenvalue weighted by atomic mass is 79.9. The highest BCUT2D eigenvalue weighted by Crippen LogP contribution is 2.17. The standard InChI is InChI=1S/C19H21BrN2O2/c1-2-3-4-11-21-18(23)14-7-5-8-15(12-14)19(24)22-17-10-6-9-16(20)13-17/h5-10,12-13H,2-4,11H2,1H3,(H,21,23)(H,22,24). The van der Waals surface area contributed by atoms with Crippen LogP contribution in [0.25, 0.3) is 0 Å². The summed E-state index contributed by atoms with van der Waals surface area (Å²) in [6.45, 7) is 2.77. The van der Waals surface area contributed by atoms with Crippen LogP contribution in [0.2, 0.25) is 0 Å². The van der Waals surface area contributed by atoms with E-state index in [0.717, 1.165) is 23.7 Å². The smallest absolute Gasteiger partial charge is 0.255 e. The van der Waals surface area contributed by atoms with Gasteiger partial charge in [-0.15, -0.1) is 0 Å². The Bertz CT molecular complexity index is 716. The molecule has 0 aliphatic heterocycles. The number of hydrogen-bond donors (Lipinski definition) is 2. The summed E-state index contributed by atoms with van der Waals surface area (Å²) >= 11 is 3.37. The second-order valence-electron chi connectivity index (χ2n) is 5.51. The fraction of sp³-hybridized carbons (Fsp3) is 0.263. The van der Waals surface area contributed by atoms with E-state index < -0.39 is 0 Å². The molecule has 24 heavy (non-hydrogen) atoms. The fourth-order valence-corrected chi connectivity index (χ4v) is 2.65. The summed E-state index contributed by atoms with van der Waals surface area (Å²) in [5.74, 6) is -0.392. The van der Waals surface area contributed by atoms with Gasteiger partial charge < -0.3 is 10.6 Å². The highest BCUT2D eigenvalue weighted by molar-refractivity contribution is 9.10. The van der Waals surface area contributed by atoms with Crippen LogP contribution in [0.3, 0.4) is 0 Å². The number of anilines is 1. The topological polar surface area (TPSA) is 58.2 Å². The Morgan fingerprint density at radius 1 is 0.958 bits per heavy atom. The van der Waals surface area contributed by atoms with Crippen LogP contribution in [0, 0.1) is 0 Å². The van der Waals surface area contributed by atoms with Gasteiger partial charge in [-0.2, -0.15) is 0 Å². The van der Waals surface area contributed by atoms with E-state index in [1.165, 1.54) is 0 Å². The monoisotopic (exact) mass is 388 g/mol. The first-order valence-corrected chi connectivity index (χ1v) is 8.84. The summed E-state index contributed by atoms with van der Waals surface area (Å²) in [5, 5.41) is 5.70. The normalized spacial score (nSPS) is 10.2. The maximum Gasteiger partial charge on any atom is 0.255 e. The van der Waals surface area contributed by atoms with Crippen molar-refractivity contribution >= 4 is 33.4 Å². The Morgan fingerprint density at radius 2 is 1.67 bits per heavy atom. The molecule has 0 saturated carbocycles. The Balaban J connectivity index is 2.01. The lowest BCUT2D eigenvalue weighted by atomic mass is 10.1. The number of unbranched alkanes of at least 4 members (excludes halogenated alkanes) is 2. The van der Waals surface area contributed by atoms with Crippen LogP contribution >= 0.6 is 15.9 Å². The van der Waals surface area contributed by atoms with E-state index in [9.17, 15) is 9.59 Å². The molecule has 0 bridgehead atoms. The number of nitrogens with one attached hydrogen (secondary N) is 2. The van der Waals surface area contributed by atoms with Gasteiger partial charge in [0.15, 0.2) is 0 Å². The van der Waals surface area contributed by atoms with Gasteiger partial charge in [0.25, 0.3) is 11.8 Å². The van der Waals surface area contributed by atoms with E-state index in [-0.39, 0.29) is 11.8 Å². The molecule has 126 valence electrons. The van der Waals surface area contributed by atoms with Crippen LogP contribution in [0.1, 0.15) is 46.9 Å². The molecule has 0 heterocycles. The zero-order valence-electron chi connectivity index (χ0n) is 13.6. The molecule has 2 aromatic rings. The van der Waals surface area contributed by atoms with Gasteiger partial charge in [0.2, 0.25) is 0 Å². The van der Waals surface area contributed by atoms with Gasteiger partial charge in [-0.05, 0) is 42.8 Å². The van der Waals surface area contributed by atoms with Crippen molar-refractivity contribution in [2.45, 2.75) is 26.2 Å². The lowest BCUT2D eigenvalue weighted by molar-refractivity contribution is 0.0953. The molecule has 4 nitrogen and oxygen atoms in total. The van der Waals surface area contributed by atoms with E-state index in [2.05, 4.69) is 33.5 Å². The minimum absolute atomic E-state index is 0.150. The summed E-state index contributed by atoms with van der Waals surface area (Å²) in [5.41, 5.74) is 1.65. The molecule has 2 amide bonds. The zero-order chi connectivity index (χ0) is 17.4. The summed E-state index contributed by atoms with van der Waals surface area (Å²) in [6, 6.07) is 14.1. The Morgan fingerprint density at radius 3 is 2.38 bits per heavy atom. The number of amides is 2. The van der Waals surface area contributed by atoms with Crippen LogP contribution in [0.5, 0.6) is 0 Å². The van der Waals surface area contributed by atoms with Crippen LogP contribution < -0.4 is 10.6 Å². The zero-order valence-corrected chi connectivity index (χ0v) is 15.2. The number of benzene rings is 2. The second-order valence-corrected chi connectivity index (χ2v) is 6.42. The number of hydrogen-bond acceptors (Lipinski definition) is 2. The van der Waals surface area contributed by atoms with Crippen LogP contribution in [0.4, 0.5) is 5.69 Å². The van der Waals surface area contributed by atoms with Gasteiger partial charge in [-0.1, -0.05) is 47.8 Å². The van der Waals surface area contributed by atoms with Gasteiger partial charge in [-0.25, -0.2) is 0 Å². The Hall–Kier alpha value is -2.14. The third kappa shape index (κ3) is 5.49. The third-order valence-corrected chi connectivity index (χ3v) is 4.03. The van der Waals surface area contributed by atoms with Crippen molar-refractivity contribution in [1.82, 2.24) is 5.32 Å². The Labute approximate surface area is 150 Å². The molecule has 2 rings (SSSR count). The molecule has 2 N–H and O–H groups in total. The van der Waals surface area contributed by atoms with Crippen molar-refractivity contribution in [3.05, 3.63) is 64.1 Å². The van der Waals surface area contributed by atoms with Crippen LogP contribution in [-0.2, 0) is 0 Å².